The number of likely N-dealkylation sites (tertiary alicyclic amines) is 1. The van der Waals surface area contributed by atoms with Crippen molar-refractivity contribution in [2.45, 2.75) is 38.5 Å². The van der Waals surface area contributed by atoms with E-state index < -0.39 is 5.97 Å². The van der Waals surface area contributed by atoms with E-state index in [9.17, 15) is 9.59 Å². The van der Waals surface area contributed by atoms with Gasteiger partial charge in [0.1, 0.15) is 0 Å². The zero-order chi connectivity index (χ0) is 14.2. The number of hydrogen-bond donors (Lipinski definition) is 1. The van der Waals surface area contributed by atoms with Crippen LogP contribution in [0.5, 0.6) is 0 Å². The number of carbonyl (C=O) groups is 2. The van der Waals surface area contributed by atoms with E-state index in [1.165, 1.54) is 0 Å². The Bertz CT molecular complexity index is 395. The van der Waals surface area contributed by atoms with Gasteiger partial charge in [0.25, 0.3) is 0 Å². The van der Waals surface area contributed by atoms with E-state index in [0.717, 1.165) is 58.4 Å². The first-order valence-electron chi connectivity index (χ1n) is 7.69. The van der Waals surface area contributed by atoms with E-state index in [4.69, 9.17) is 9.84 Å². The Morgan fingerprint density at radius 1 is 1.20 bits per heavy atom. The fourth-order valence-corrected chi connectivity index (χ4v) is 3.78. The molecule has 0 aromatic rings. The quantitative estimate of drug-likeness (QED) is 0.851. The normalized spacial score (nSPS) is 29.4. The lowest BCUT2D eigenvalue weighted by Gasteiger charge is -2.34. The van der Waals surface area contributed by atoms with Gasteiger partial charge in [-0.1, -0.05) is 0 Å². The largest absolute Gasteiger partial charge is 0.481 e. The van der Waals surface area contributed by atoms with Crippen LogP contribution in [0.4, 0.5) is 0 Å². The number of ether oxygens (including phenoxy) is 1. The van der Waals surface area contributed by atoms with Crippen molar-refractivity contribution < 1.29 is 19.4 Å². The molecule has 1 saturated carbocycles. The van der Waals surface area contributed by atoms with Crippen molar-refractivity contribution in [3.05, 3.63) is 0 Å². The maximum Gasteiger partial charge on any atom is 0.307 e. The van der Waals surface area contributed by atoms with Crippen LogP contribution in [0.2, 0.25) is 0 Å². The lowest BCUT2D eigenvalue weighted by atomic mass is 9.89. The minimum Gasteiger partial charge on any atom is -0.481 e. The molecule has 0 aromatic carbocycles. The van der Waals surface area contributed by atoms with E-state index in [-0.39, 0.29) is 17.2 Å². The molecule has 2 aliphatic heterocycles. The number of carboxylic acids is 1. The van der Waals surface area contributed by atoms with E-state index in [1.54, 1.807) is 0 Å². The van der Waals surface area contributed by atoms with E-state index in [0.29, 0.717) is 12.3 Å². The second-order valence-corrected chi connectivity index (χ2v) is 6.60. The predicted octanol–water partition coefficient (Wildman–Crippen LogP) is 1.52. The van der Waals surface area contributed by atoms with Gasteiger partial charge in [-0.15, -0.1) is 0 Å². The Balaban J connectivity index is 1.46. The molecule has 20 heavy (non-hydrogen) atoms. The minimum atomic E-state index is -0.660. The fourth-order valence-electron chi connectivity index (χ4n) is 3.78. The molecule has 112 valence electrons. The van der Waals surface area contributed by atoms with Crippen molar-refractivity contribution in [3.8, 4) is 0 Å². The van der Waals surface area contributed by atoms with Crippen LogP contribution in [0, 0.1) is 17.3 Å². The third-order valence-electron chi connectivity index (χ3n) is 5.40. The monoisotopic (exact) mass is 281 g/mol. The smallest absolute Gasteiger partial charge is 0.307 e. The summed E-state index contributed by atoms with van der Waals surface area (Å²) in [5.41, 5.74) is 0.0152. The summed E-state index contributed by atoms with van der Waals surface area (Å²) in [6, 6.07) is 0. The van der Waals surface area contributed by atoms with E-state index in [2.05, 4.69) is 0 Å². The average Bonchev–Trinajstić information content (AvgIpc) is 3.15. The molecule has 3 fully saturated rings. The van der Waals surface area contributed by atoms with Gasteiger partial charge >= 0.3 is 5.97 Å². The highest BCUT2D eigenvalue weighted by Gasteiger charge is 2.59. The van der Waals surface area contributed by atoms with E-state index >= 15 is 0 Å². The summed E-state index contributed by atoms with van der Waals surface area (Å²) in [4.78, 5) is 25.2. The van der Waals surface area contributed by atoms with Gasteiger partial charge in [-0.25, -0.2) is 0 Å². The van der Waals surface area contributed by atoms with Crippen LogP contribution in [0.25, 0.3) is 0 Å². The van der Waals surface area contributed by atoms with Crippen LogP contribution in [0.15, 0.2) is 0 Å². The molecule has 0 aromatic heterocycles. The molecule has 1 atom stereocenters. The van der Waals surface area contributed by atoms with Crippen LogP contribution in [0.1, 0.15) is 38.5 Å². The molecule has 0 bridgehead atoms. The molecule has 5 heteroatoms. The molecule has 2 heterocycles. The molecule has 1 N–H and O–H groups in total. The number of nitrogens with zero attached hydrogens (tertiary/aromatic N) is 1. The molecule has 0 radical (unpaired) electrons. The van der Waals surface area contributed by atoms with Gasteiger partial charge in [0.15, 0.2) is 0 Å². The highest BCUT2D eigenvalue weighted by Crippen LogP contribution is 2.59. The Morgan fingerprint density at radius 3 is 2.40 bits per heavy atom. The van der Waals surface area contributed by atoms with Gasteiger partial charge in [-0.2, -0.15) is 0 Å². The molecule has 1 spiro atoms. The van der Waals surface area contributed by atoms with Crippen LogP contribution < -0.4 is 0 Å². The molecule has 1 amide bonds. The Hall–Kier alpha value is -1.10. The van der Waals surface area contributed by atoms with Crippen molar-refractivity contribution in [3.63, 3.8) is 0 Å². The number of hydrogen-bond acceptors (Lipinski definition) is 3. The van der Waals surface area contributed by atoms with Crippen molar-refractivity contribution in [1.29, 1.82) is 0 Å². The topological polar surface area (TPSA) is 66.8 Å². The molecule has 2 saturated heterocycles. The first-order valence-corrected chi connectivity index (χ1v) is 7.69. The lowest BCUT2D eigenvalue weighted by molar-refractivity contribution is -0.140. The standard InChI is InChI=1S/C15H23NO4/c17-13(9-11-1-7-20-8-2-11)16-5-3-15(4-6-16)10-12(15)14(18)19/h11-12H,1-10H2,(H,18,19). The summed E-state index contributed by atoms with van der Waals surface area (Å²) in [6.07, 6.45) is 5.16. The van der Waals surface area contributed by atoms with Crippen molar-refractivity contribution in [1.82, 2.24) is 4.90 Å². The summed E-state index contributed by atoms with van der Waals surface area (Å²) in [7, 11) is 0. The van der Waals surface area contributed by atoms with Gasteiger partial charge in [0.05, 0.1) is 5.92 Å². The summed E-state index contributed by atoms with van der Waals surface area (Å²) >= 11 is 0. The third-order valence-corrected chi connectivity index (χ3v) is 5.40. The lowest BCUT2D eigenvalue weighted by Crippen LogP contribution is -2.41. The van der Waals surface area contributed by atoms with Gasteiger partial charge in [0, 0.05) is 32.7 Å². The summed E-state index contributed by atoms with van der Waals surface area (Å²) in [6.45, 7) is 3.04. The molecule has 1 unspecified atom stereocenters. The van der Waals surface area contributed by atoms with Gasteiger partial charge in [-0.3, -0.25) is 9.59 Å². The minimum absolute atomic E-state index is 0.0152. The summed E-state index contributed by atoms with van der Waals surface area (Å²) < 4.78 is 5.32. The highest BCUT2D eigenvalue weighted by molar-refractivity contribution is 5.77. The number of piperidine rings is 1. The molecular weight excluding hydrogens is 258 g/mol. The van der Waals surface area contributed by atoms with Gasteiger partial charge < -0.3 is 14.7 Å². The highest BCUT2D eigenvalue weighted by atomic mass is 16.5. The third kappa shape index (κ3) is 2.68. The predicted molar refractivity (Wildman–Crippen MR) is 72.1 cm³/mol. The first-order chi connectivity index (χ1) is 9.61. The van der Waals surface area contributed by atoms with Crippen molar-refractivity contribution in [2.75, 3.05) is 26.3 Å². The van der Waals surface area contributed by atoms with Crippen LogP contribution in [0.3, 0.4) is 0 Å². The average molecular weight is 281 g/mol. The Kier molecular flexibility index (Phi) is 3.71. The van der Waals surface area contributed by atoms with Crippen LogP contribution >= 0.6 is 0 Å². The van der Waals surface area contributed by atoms with Crippen LogP contribution in [-0.4, -0.2) is 48.2 Å². The maximum absolute atomic E-state index is 12.3. The number of rotatable bonds is 3. The second-order valence-electron chi connectivity index (χ2n) is 6.60. The van der Waals surface area contributed by atoms with Crippen LogP contribution in [-0.2, 0) is 14.3 Å². The number of carboxylic acid groups (broad SMARTS) is 1. The number of aliphatic carboxylic acids is 1. The Labute approximate surface area is 119 Å². The molecule has 3 rings (SSSR count). The first kappa shape index (κ1) is 13.9. The molecular formula is C15H23NO4. The Morgan fingerprint density at radius 2 is 1.85 bits per heavy atom. The van der Waals surface area contributed by atoms with Crippen molar-refractivity contribution >= 4 is 11.9 Å². The summed E-state index contributed by atoms with van der Waals surface area (Å²) in [5.74, 6) is -0.0960. The SMILES string of the molecule is O=C(O)C1CC12CCN(C(=O)CC1CCOCC1)CC2. The van der Waals surface area contributed by atoms with E-state index in [1.807, 2.05) is 4.90 Å². The van der Waals surface area contributed by atoms with Gasteiger partial charge in [0.2, 0.25) is 5.91 Å². The number of carbonyl (C=O) groups excluding carboxylic acids is 1. The van der Waals surface area contributed by atoms with Gasteiger partial charge in [-0.05, 0) is 43.4 Å². The molecule has 1 aliphatic carbocycles. The van der Waals surface area contributed by atoms with Crippen molar-refractivity contribution in [2.24, 2.45) is 17.3 Å². The zero-order valence-corrected chi connectivity index (χ0v) is 11.8. The fraction of sp³-hybridized carbons (Fsp3) is 0.867. The number of amides is 1. The zero-order valence-electron chi connectivity index (χ0n) is 11.8. The maximum atomic E-state index is 12.3. The molecule has 3 aliphatic rings. The summed E-state index contributed by atoms with van der Waals surface area (Å²) in [5, 5.41) is 9.07. The molecule has 5 nitrogen and oxygen atoms in total. The second kappa shape index (κ2) is 5.35.